The Labute approximate surface area is 137 Å². The van der Waals surface area contributed by atoms with Gasteiger partial charge in [0.1, 0.15) is 4.90 Å². The number of aliphatic hydroxyl groups is 1. The van der Waals surface area contributed by atoms with Crippen molar-refractivity contribution in [3.8, 4) is 5.75 Å². The Morgan fingerprint density at radius 3 is 2.62 bits per heavy atom. The highest BCUT2D eigenvalue weighted by molar-refractivity contribution is 9.10. The first-order valence-electron chi connectivity index (χ1n) is 6.00. The first-order chi connectivity index (χ1) is 9.85. The Balaban J connectivity index is 3.18. The van der Waals surface area contributed by atoms with E-state index in [0.717, 1.165) is 0 Å². The predicted octanol–water partition coefficient (Wildman–Crippen LogP) is 1.79. The Morgan fingerprint density at radius 2 is 2.10 bits per heavy atom. The molecule has 0 fully saturated rings. The number of nitrogens with one attached hydrogen (secondary N) is 1. The molecule has 0 aliphatic rings. The summed E-state index contributed by atoms with van der Waals surface area (Å²) in [6.07, 6.45) is 0.233. The fourth-order valence-electron chi connectivity index (χ4n) is 1.75. The second-order valence-corrected chi connectivity index (χ2v) is 7.18. The average molecular weight is 403 g/mol. The minimum atomic E-state index is -3.87. The molecule has 1 aromatic carbocycles. The molecule has 0 heterocycles. The van der Waals surface area contributed by atoms with E-state index in [4.69, 9.17) is 26.2 Å². The molecule has 21 heavy (non-hydrogen) atoms. The smallest absolute Gasteiger partial charge is 0.244 e. The summed E-state index contributed by atoms with van der Waals surface area (Å²) < 4.78 is 37.9. The molecule has 0 amide bonds. The molecular weight excluding hydrogens is 386 g/mol. The third kappa shape index (κ3) is 5.08. The molecule has 0 bridgehead atoms. The molecule has 0 saturated carbocycles. The van der Waals surface area contributed by atoms with E-state index in [1.54, 1.807) is 6.07 Å². The zero-order valence-electron chi connectivity index (χ0n) is 11.6. The number of hydrogen-bond donors (Lipinski definition) is 2. The van der Waals surface area contributed by atoms with Crippen LogP contribution in [-0.4, -0.2) is 47.0 Å². The van der Waals surface area contributed by atoms with Gasteiger partial charge >= 0.3 is 0 Å². The van der Waals surface area contributed by atoms with Gasteiger partial charge in [0.2, 0.25) is 10.0 Å². The van der Waals surface area contributed by atoms with Gasteiger partial charge in [-0.1, -0.05) is 11.6 Å². The van der Waals surface area contributed by atoms with Crippen molar-refractivity contribution >= 4 is 37.6 Å². The van der Waals surface area contributed by atoms with Gasteiger partial charge in [0.05, 0.1) is 18.2 Å². The third-order valence-corrected chi connectivity index (χ3v) is 4.97. The second-order valence-electron chi connectivity index (χ2n) is 4.20. The lowest BCUT2D eigenvalue weighted by Gasteiger charge is -2.18. The zero-order valence-corrected chi connectivity index (χ0v) is 14.8. The quantitative estimate of drug-likeness (QED) is 0.692. The van der Waals surface area contributed by atoms with Crippen LogP contribution in [0.2, 0.25) is 5.02 Å². The van der Waals surface area contributed by atoms with Crippen LogP contribution >= 0.6 is 27.5 Å². The molecule has 0 saturated heterocycles. The molecule has 0 radical (unpaired) electrons. The highest BCUT2D eigenvalue weighted by Gasteiger charge is 2.25. The Morgan fingerprint density at radius 1 is 1.43 bits per heavy atom. The van der Waals surface area contributed by atoms with Gasteiger partial charge in [0, 0.05) is 24.8 Å². The molecule has 9 heteroatoms. The lowest BCUT2D eigenvalue weighted by molar-refractivity contribution is 0.158. The van der Waals surface area contributed by atoms with Crippen LogP contribution in [0.25, 0.3) is 0 Å². The van der Waals surface area contributed by atoms with Gasteiger partial charge in [-0.3, -0.25) is 0 Å². The standard InChI is InChI=1S/C12H17BrClNO5S/c1-19-7-9(3-4-16)15-21(17,18)11-6-8(14)5-10(13)12(11)20-2/h5-6,9,15-16H,3-4,7H2,1-2H3. The molecule has 0 spiro atoms. The summed E-state index contributed by atoms with van der Waals surface area (Å²) in [5, 5.41) is 9.23. The maximum atomic E-state index is 12.5. The van der Waals surface area contributed by atoms with E-state index in [2.05, 4.69) is 20.7 Å². The summed E-state index contributed by atoms with van der Waals surface area (Å²) in [5.41, 5.74) is 0. The summed E-state index contributed by atoms with van der Waals surface area (Å²) in [4.78, 5) is -0.0802. The fraction of sp³-hybridized carbons (Fsp3) is 0.500. The fourth-order valence-corrected chi connectivity index (χ4v) is 4.39. The second kappa shape index (κ2) is 8.30. The van der Waals surface area contributed by atoms with Crippen molar-refractivity contribution in [1.29, 1.82) is 0 Å². The van der Waals surface area contributed by atoms with Gasteiger partial charge in [-0.25, -0.2) is 13.1 Å². The largest absolute Gasteiger partial charge is 0.494 e. The van der Waals surface area contributed by atoms with Gasteiger partial charge in [0.25, 0.3) is 0 Å². The van der Waals surface area contributed by atoms with E-state index < -0.39 is 16.1 Å². The number of rotatable bonds is 8. The molecular formula is C12H17BrClNO5S. The van der Waals surface area contributed by atoms with Gasteiger partial charge < -0.3 is 14.6 Å². The monoisotopic (exact) mass is 401 g/mol. The molecule has 0 aromatic heterocycles. The maximum Gasteiger partial charge on any atom is 0.244 e. The third-order valence-electron chi connectivity index (χ3n) is 2.64. The van der Waals surface area contributed by atoms with Crippen LogP contribution in [0.5, 0.6) is 5.75 Å². The summed E-state index contributed by atoms with van der Waals surface area (Å²) in [5.74, 6) is 0.159. The highest BCUT2D eigenvalue weighted by Crippen LogP contribution is 2.35. The lowest BCUT2D eigenvalue weighted by atomic mass is 10.2. The van der Waals surface area contributed by atoms with Crippen LogP contribution in [0.1, 0.15) is 6.42 Å². The van der Waals surface area contributed by atoms with Crippen LogP contribution in [0.15, 0.2) is 21.5 Å². The van der Waals surface area contributed by atoms with Crippen LogP contribution in [-0.2, 0) is 14.8 Å². The molecule has 2 N–H and O–H groups in total. The molecule has 1 rings (SSSR count). The number of benzene rings is 1. The van der Waals surface area contributed by atoms with E-state index in [1.165, 1.54) is 20.3 Å². The number of aliphatic hydroxyl groups excluding tert-OH is 1. The lowest BCUT2D eigenvalue weighted by Crippen LogP contribution is -2.38. The first kappa shape index (κ1) is 18.7. The first-order valence-corrected chi connectivity index (χ1v) is 8.66. The summed E-state index contributed by atoms with van der Waals surface area (Å²) in [6.45, 7) is -0.0171. The van der Waals surface area contributed by atoms with Crippen molar-refractivity contribution in [2.24, 2.45) is 0 Å². The molecule has 120 valence electrons. The van der Waals surface area contributed by atoms with E-state index >= 15 is 0 Å². The number of ether oxygens (including phenoxy) is 2. The molecule has 0 aliphatic heterocycles. The van der Waals surface area contributed by atoms with Gasteiger partial charge in [0.15, 0.2) is 5.75 Å². The number of methoxy groups -OCH3 is 2. The molecule has 1 aromatic rings. The van der Waals surface area contributed by atoms with E-state index in [-0.39, 0.29) is 35.3 Å². The normalized spacial score (nSPS) is 13.2. The van der Waals surface area contributed by atoms with E-state index in [1.807, 2.05) is 0 Å². The SMILES string of the molecule is COCC(CCO)NS(=O)(=O)c1cc(Cl)cc(Br)c1OC. The minimum Gasteiger partial charge on any atom is -0.494 e. The summed E-state index contributed by atoms with van der Waals surface area (Å²) in [6, 6.07) is 2.29. The van der Waals surface area contributed by atoms with Crippen molar-refractivity contribution in [2.45, 2.75) is 17.4 Å². The van der Waals surface area contributed by atoms with E-state index in [9.17, 15) is 8.42 Å². The maximum absolute atomic E-state index is 12.5. The van der Waals surface area contributed by atoms with Crippen LogP contribution in [0, 0.1) is 0 Å². The van der Waals surface area contributed by atoms with Gasteiger partial charge in [-0.15, -0.1) is 0 Å². The number of halogens is 2. The van der Waals surface area contributed by atoms with Crippen LogP contribution in [0.4, 0.5) is 0 Å². The molecule has 0 aliphatic carbocycles. The highest BCUT2D eigenvalue weighted by atomic mass is 79.9. The Bertz CT molecular complexity index is 575. The minimum absolute atomic E-state index is 0.0802. The van der Waals surface area contributed by atoms with Gasteiger partial charge in [-0.2, -0.15) is 0 Å². The number of sulfonamides is 1. The Hall–Kier alpha value is -0.380. The molecule has 6 nitrogen and oxygen atoms in total. The average Bonchev–Trinajstić information content (AvgIpc) is 2.38. The van der Waals surface area contributed by atoms with Crippen molar-refractivity contribution in [3.05, 3.63) is 21.6 Å². The Kier molecular flexibility index (Phi) is 7.38. The van der Waals surface area contributed by atoms with Crippen molar-refractivity contribution in [3.63, 3.8) is 0 Å². The van der Waals surface area contributed by atoms with Crippen LogP contribution < -0.4 is 9.46 Å². The predicted molar refractivity (Wildman–Crippen MR) is 83.4 cm³/mol. The zero-order chi connectivity index (χ0) is 16.0. The van der Waals surface area contributed by atoms with E-state index in [0.29, 0.717) is 4.47 Å². The topological polar surface area (TPSA) is 84.9 Å². The van der Waals surface area contributed by atoms with Crippen molar-refractivity contribution in [2.75, 3.05) is 27.4 Å². The summed E-state index contributed by atoms with van der Waals surface area (Å²) in [7, 11) is -1.05. The van der Waals surface area contributed by atoms with Crippen molar-refractivity contribution in [1.82, 2.24) is 4.72 Å². The number of hydrogen-bond acceptors (Lipinski definition) is 5. The molecule has 1 unspecified atom stereocenters. The van der Waals surface area contributed by atoms with Crippen molar-refractivity contribution < 1.29 is 23.0 Å². The van der Waals surface area contributed by atoms with Gasteiger partial charge in [-0.05, 0) is 34.5 Å². The van der Waals surface area contributed by atoms with Crippen LogP contribution in [0.3, 0.4) is 0 Å². The summed E-state index contributed by atoms with van der Waals surface area (Å²) >= 11 is 9.11. The molecule has 1 atom stereocenters.